The predicted octanol–water partition coefficient (Wildman–Crippen LogP) is 2.86. The smallest absolute Gasteiger partial charge is 0.263 e. The van der Waals surface area contributed by atoms with Gasteiger partial charge >= 0.3 is 0 Å². The molecule has 2 N–H and O–H groups in total. The SMILES string of the molecule is COc1cccc(OC)c1C(=O)Nc1ccccc1C(=O)NC[C@@H]1CCCO1. The van der Waals surface area contributed by atoms with Gasteiger partial charge in [-0.15, -0.1) is 0 Å². The van der Waals surface area contributed by atoms with E-state index in [1.807, 2.05) is 0 Å². The van der Waals surface area contributed by atoms with E-state index in [1.165, 1.54) is 14.2 Å². The maximum atomic E-state index is 12.9. The normalized spacial score (nSPS) is 15.7. The Morgan fingerprint density at radius 2 is 1.75 bits per heavy atom. The predicted molar refractivity (Wildman–Crippen MR) is 105 cm³/mol. The van der Waals surface area contributed by atoms with Gasteiger partial charge in [-0.1, -0.05) is 18.2 Å². The first-order valence-electron chi connectivity index (χ1n) is 9.15. The average Bonchev–Trinajstić information content (AvgIpc) is 3.25. The van der Waals surface area contributed by atoms with E-state index < -0.39 is 5.91 Å². The number of carbonyl (C=O) groups excluding carboxylic acids is 2. The molecule has 1 saturated heterocycles. The van der Waals surface area contributed by atoms with Crippen LogP contribution < -0.4 is 20.1 Å². The number of rotatable bonds is 7. The van der Waals surface area contributed by atoms with Crippen molar-refractivity contribution >= 4 is 17.5 Å². The monoisotopic (exact) mass is 384 g/mol. The molecule has 7 nitrogen and oxygen atoms in total. The standard InChI is InChI=1S/C21H24N2O5/c1-26-17-10-5-11-18(27-2)19(17)21(25)23-16-9-4-3-8-15(16)20(24)22-13-14-7-6-12-28-14/h3-5,8-11,14H,6-7,12-13H2,1-2H3,(H,22,24)(H,23,25)/t14-/m0/s1. The van der Waals surface area contributed by atoms with Crippen LogP contribution in [0.25, 0.3) is 0 Å². The summed E-state index contributed by atoms with van der Waals surface area (Å²) in [7, 11) is 2.97. The first-order valence-corrected chi connectivity index (χ1v) is 9.15. The summed E-state index contributed by atoms with van der Waals surface area (Å²) < 4.78 is 16.1. The maximum absolute atomic E-state index is 12.9. The fourth-order valence-electron chi connectivity index (χ4n) is 3.16. The summed E-state index contributed by atoms with van der Waals surface area (Å²) in [6.07, 6.45) is 1.99. The number of nitrogens with one attached hydrogen (secondary N) is 2. The molecular weight excluding hydrogens is 360 g/mol. The molecule has 0 aromatic heterocycles. The second kappa shape index (κ2) is 9.23. The first-order chi connectivity index (χ1) is 13.6. The van der Waals surface area contributed by atoms with Crippen molar-refractivity contribution in [2.24, 2.45) is 0 Å². The van der Waals surface area contributed by atoms with Crippen LogP contribution in [0.1, 0.15) is 33.6 Å². The maximum Gasteiger partial charge on any atom is 0.263 e. The summed E-state index contributed by atoms with van der Waals surface area (Å²) >= 11 is 0. The van der Waals surface area contributed by atoms with Gasteiger partial charge in [0, 0.05) is 13.2 Å². The van der Waals surface area contributed by atoms with Crippen molar-refractivity contribution in [2.45, 2.75) is 18.9 Å². The Morgan fingerprint density at radius 1 is 1.04 bits per heavy atom. The van der Waals surface area contributed by atoms with Crippen molar-refractivity contribution in [3.8, 4) is 11.5 Å². The molecule has 2 aromatic rings. The largest absolute Gasteiger partial charge is 0.496 e. The first kappa shape index (κ1) is 19.7. The van der Waals surface area contributed by atoms with Crippen molar-refractivity contribution in [3.05, 3.63) is 53.6 Å². The fraction of sp³-hybridized carbons (Fsp3) is 0.333. The van der Waals surface area contributed by atoms with Crippen LogP contribution >= 0.6 is 0 Å². The van der Waals surface area contributed by atoms with Gasteiger partial charge in [-0.05, 0) is 37.1 Å². The molecule has 1 heterocycles. The number of benzene rings is 2. The van der Waals surface area contributed by atoms with E-state index in [2.05, 4.69) is 10.6 Å². The highest BCUT2D eigenvalue weighted by molar-refractivity contribution is 6.11. The quantitative estimate of drug-likeness (QED) is 0.767. The number of carbonyl (C=O) groups is 2. The minimum absolute atomic E-state index is 0.0449. The average molecular weight is 384 g/mol. The lowest BCUT2D eigenvalue weighted by Crippen LogP contribution is -2.32. The third kappa shape index (κ3) is 4.43. The molecule has 0 bridgehead atoms. The van der Waals surface area contributed by atoms with Crippen LogP contribution in [0.15, 0.2) is 42.5 Å². The minimum atomic E-state index is -0.423. The lowest BCUT2D eigenvalue weighted by molar-refractivity contribution is 0.0858. The number of para-hydroxylation sites is 1. The Hall–Kier alpha value is -3.06. The van der Waals surface area contributed by atoms with Gasteiger partial charge in [-0.3, -0.25) is 9.59 Å². The number of ether oxygens (including phenoxy) is 3. The van der Waals surface area contributed by atoms with Crippen molar-refractivity contribution in [2.75, 3.05) is 32.7 Å². The molecule has 2 aromatic carbocycles. The Labute approximate surface area is 164 Å². The van der Waals surface area contributed by atoms with Crippen molar-refractivity contribution in [1.29, 1.82) is 0 Å². The third-order valence-corrected chi connectivity index (χ3v) is 4.59. The highest BCUT2D eigenvalue weighted by Gasteiger charge is 2.21. The van der Waals surface area contributed by atoms with Gasteiger partial charge in [0.1, 0.15) is 17.1 Å². The van der Waals surface area contributed by atoms with Crippen molar-refractivity contribution < 1.29 is 23.8 Å². The molecule has 1 fully saturated rings. The van der Waals surface area contributed by atoms with Gasteiger partial charge in [0.25, 0.3) is 11.8 Å². The molecule has 28 heavy (non-hydrogen) atoms. The number of hydrogen-bond donors (Lipinski definition) is 2. The Morgan fingerprint density at radius 3 is 2.39 bits per heavy atom. The molecule has 1 aliphatic heterocycles. The number of hydrogen-bond acceptors (Lipinski definition) is 5. The minimum Gasteiger partial charge on any atom is -0.496 e. The van der Waals surface area contributed by atoms with E-state index in [4.69, 9.17) is 14.2 Å². The number of methoxy groups -OCH3 is 2. The summed E-state index contributed by atoms with van der Waals surface area (Å²) in [6, 6.07) is 11.9. The van der Waals surface area contributed by atoms with Gasteiger partial charge in [0.15, 0.2) is 0 Å². The molecule has 0 unspecified atom stereocenters. The molecule has 1 atom stereocenters. The van der Waals surface area contributed by atoms with Gasteiger partial charge in [-0.2, -0.15) is 0 Å². The van der Waals surface area contributed by atoms with Crippen molar-refractivity contribution in [3.63, 3.8) is 0 Å². The summed E-state index contributed by atoms with van der Waals surface area (Å²) in [5.74, 6) is 0.0846. The lowest BCUT2D eigenvalue weighted by Gasteiger charge is -2.15. The van der Waals surface area contributed by atoms with E-state index >= 15 is 0 Å². The molecule has 7 heteroatoms. The van der Waals surface area contributed by atoms with Gasteiger partial charge in [-0.25, -0.2) is 0 Å². The highest BCUT2D eigenvalue weighted by Crippen LogP contribution is 2.29. The van der Waals surface area contributed by atoms with Crippen LogP contribution in [-0.4, -0.2) is 45.3 Å². The Balaban J connectivity index is 1.78. The number of amides is 2. The molecule has 0 radical (unpaired) electrons. The third-order valence-electron chi connectivity index (χ3n) is 4.59. The summed E-state index contributed by atoms with van der Waals surface area (Å²) in [5.41, 5.74) is 1.05. The summed E-state index contributed by atoms with van der Waals surface area (Å²) in [5, 5.41) is 5.67. The van der Waals surface area contributed by atoms with Crippen LogP contribution in [0.5, 0.6) is 11.5 Å². The van der Waals surface area contributed by atoms with Crippen LogP contribution in [-0.2, 0) is 4.74 Å². The Bertz CT molecular complexity index is 824. The van der Waals surface area contributed by atoms with Crippen molar-refractivity contribution in [1.82, 2.24) is 5.32 Å². The zero-order chi connectivity index (χ0) is 19.9. The molecule has 0 saturated carbocycles. The Kier molecular flexibility index (Phi) is 6.49. The van der Waals surface area contributed by atoms with E-state index in [0.29, 0.717) is 29.3 Å². The molecule has 148 valence electrons. The van der Waals surface area contributed by atoms with Gasteiger partial charge < -0.3 is 24.8 Å². The summed E-state index contributed by atoms with van der Waals surface area (Å²) in [4.78, 5) is 25.5. The van der Waals surface area contributed by atoms with E-state index in [-0.39, 0.29) is 17.6 Å². The van der Waals surface area contributed by atoms with E-state index in [1.54, 1.807) is 42.5 Å². The van der Waals surface area contributed by atoms with E-state index in [9.17, 15) is 9.59 Å². The van der Waals surface area contributed by atoms with Gasteiger partial charge in [0.2, 0.25) is 0 Å². The molecule has 3 rings (SSSR count). The zero-order valence-electron chi connectivity index (χ0n) is 16.0. The van der Waals surface area contributed by atoms with Crippen LogP contribution in [0.2, 0.25) is 0 Å². The molecular formula is C21H24N2O5. The molecule has 0 aliphatic carbocycles. The molecule has 2 amide bonds. The van der Waals surface area contributed by atoms with Crippen LogP contribution in [0.4, 0.5) is 5.69 Å². The zero-order valence-corrected chi connectivity index (χ0v) is 16.0. The highest BCUT2D eigenvalue weighted by atomic mass is 16.5. The van der Waals surface area contributed by atoms with E-state index in [0.717, 1.165) is 19.4 Å². The van der Waals surface area contributed by atoms with Crippen LogP contribution in [0.3, 0.4) is 0 Å². The second-order valence-electron chi connectivity index (χ2n) is 6.38. The molecule has 0 spiro atoms. The molecule has 1 aliphatic rings. The van der Waals surface area contributed by atoms with Crippen LogP contribution in [0, 0.1) is 0 Å². The topological polar surface area (TPSA) is 85.9 Å². The van der Waals surface area contributed by atoms with Gasteiger partial charge in [0.05, 0.1) is 31.6 Å². The number of anilines is 1. The summed E-state index contributed by atoms with van der Waals surface area (Å²) in [6.45, 7) is 1.18. The lowest BCUT2D eigenvalue weighted by atomic mass is 10.1. The fourth-order valence-corrected chi connectivity index (χ4v) is 3.16. The second-order valence-corrected chi connectivity index (χ2v) is 6.38.